The van der Waals surface area contributed by atoms with Crippen LogP contribution in [0.25, 0.3) is 0 Å². The van der Waals surface area contributed by atoms with E-state index in [1.807, 2.05) is 85.8 Å². The predicted octanol–water partition coefficient (Wildman–Crippen LogP) is 7.56. The topological polar surface area (TPSA) is 60.0 Å². The molecular weight excluding hydrogens is 500 g/mol. The van der Waals surface area contributed by atoms with E-state index in [1.54, 1.807) is 0 Å². The summed E-state index contributed by atoms with van der Waals surface area (Å²) in [5.74, 6) is 0.996. The predicted molar refractivity (Wildman–Crippen MR) is 158 cm³/mol. The smallest absolute Gasteiger partial charge is 0.342 e. The molecule has 6 heteroatoms. The number of anilines is 3. The lowest BCUT2D eigenvalue weighted by atomic mass is 9.76. The third-order valence-electron chi connectivity index (χ3n) is 7.75. The Kier molecular flexibility index (Phi) is 6.72. The molecule has 0 bridgehead atoms. The monoisotopic (exact) mass is 534 g/mol. The Morgan fingerprint density at radius 2 is 1.55 bits per heavy atom. The molecule has 0 radical (unpaired) electrons. The fourth-order valence-corrected chi connectivity index (χ4v) is 6.06. The zero-order valence-corrected chi connectivity index (χ0v) is 23.4. The first-order valence-corrected chi connectivity index (χ1v) is 13.9. The number of nitrogens with one attached hydrogen (secondary N) is 1. The van der Waals surface area contributed by atoms with Gasteiger partial charge < -0.3 is 24.4 Å². The molecule has 6 rings (SSSR count). The van der Waals surface area contributed by atoms with Crippen LogP contribution >= 0.6 is 0 Å². The Morgan fingerprint density at radius 1 is 0.925 bits per heavy atom. The SMILES string of the molecule is CCOC(C)CN(CC)c1cc(C)c(Nc2ccccc2)c2c1C(=O)OC21c2ccccc2Oc2ccccc21. The second-order valence-corrected chi connectivity index (χ2v) is 10.3. The fraction of sp³-hybridized carbons (Fsp3) is 0.265. The quantitative estimate of drug-likeness (QED) is 0.236. The molecule has 0 saturated heterocycles. The lowest BCUT2D eigenvalue weighted by Gasteiger charge is -2.38. The van der Waals surface area contributed by atoms with Crippen molar-refractivity contribution in [2.24, 2.45) is 0 Å². The molecule has 1 atom stereocenters. The van der Waals surface area contributed by atoms with Gasteiger partial charge in [0.15, 0.2) is 5.60 Å². The summed E-state index contributed by atoms with van der Waals surface area (Å²) in [6, 6.07) is 27.8. The first-order chi connectivity index (χ1) is 19.5. The number of carbonyl (C=O) groups is 1. The van der Waals surface area contributed by atoms with E-state index in [2.05, 4.69) is 37.1 Å². The third kappa shape index (κ3) is 4.11. The summed E-state index contributed by atoms with van der Waals surface area (Å²) in [6.07, 6.45) is -0.000979. The summed E-state index contributed by atoms with van der Waals surface area (Å²) in [7, 11) is 0. The van der Waals surface area contributed by atoms with Crippen LogP contribution in [0, 0.1) is 6.92 Å². The molecule has 2 heterocycles. The maximum absolute atomic E-state index is 14.2. The number of carbonyl (C=O) groups excluding carboxylic acids is 1. The van der Waals surface area contributed by atoms with Gasteiger partial charge in [0.05, 0.1) is 23.0 Å². The number of para-hydroxylation sites is 3. The number of hydrogen-bond acceptors (Lipinski definition) is 6. The minimum absolute atomic E-state index is 0.000979. The van der Waals surface area contributed by atoms with Crippen molar-refractivity contribution in [2.45, 2.75) is 39.4 Å². The van der Waals surface area contributed by atoms with Crippen molar-refractivity contribution in [3.63, 3.8) is 0 Å². The molecular formula is C34H34N2O4. The second kappa shape index (κ2) is 10.4. The molecule has 6 nitrogen and oxygen atoms in total. The minimum Gasteiger partial charge on any atom is -0.456 e. The molecule has 0 saturated carbocycles. The number of rotatable bonds is 8. The van der Waals surface area contributed by atoms with E-state index in [0.717, 1.165) is 39.3 Å². The van der Waals surface area contributed by atoms with E-state index in [0.29, 0.717) is 36.8 Å². The van der Waals surface area contributed by atoms with E-state index in [4.69, 9.17) is 14.2 Å². The Hall–Kier alpha value is -4.29. The van der Waals surface area contributed by atoms with Crippen LogP contribution in [0.4, 0.5) is 17.1 Å². The average molecular weight is 535 g/mol. The number of benzene rings is 4. The number of aryl methyl sites for hydroxylation is 1. The van der Waals surface area contributed by atoms with Crippen LogP contribution in [-0.2, 0) is 15.1 Å². The molecule has 2 aliphatic heterocycles. The minimum atomic E-state index is -1.18. The van der Waals surface area contributed by atoms with Crippen LogP contribution in [0.1, 0.15) is 53.4 Å². The molecule has 0 aromatic heterocycles. The molecule has 4 aromatic carbocycles. The van der Waals surface area contributed by atoms with Gasteiger partial charge in [-0.2, -0.15) is 0 Å². The van der Waals surface area contributed by atoms with Gasteiger partial charge in [0.25, 0.3) is 0 Å². The highest BCUT2D eigenvalue weighted by Crippen LogP contribution is 2.59. The second-order valence-electron chi connectivity index (χ2n) is 10.3. The standard InChI is InChI=1S/C34H34N2O4/c1-5-36(21-23(4)38-6-2)27-20-22(3)32(35-24-14-8-7-9-15-24)31-30(27)33(37)40-34(31)25-16-10-12-18-28(25)39-29-19-13-11-17-26(29)34/h7-20,23,35H,5-6,21H2,1-4H3. The van der Waals surface area contributed by atoms with Crippen LogP contribution in [0.3, 0.4) is 0 Å². The van der Waals surface area contributed by atoms with Crippen molar-refractivity contribution < 1.29 is 19.0 Å². The molecule has 1 N–H and O–H groups in total. The highest BCUT2D eigenvalue weighted by Gasteiger charge is 2.56. The van der Waals surface area contributed by atoms with Crippen LogP contribution in [0.2, 0.25) is 0 Å². The number of hydrogen-bond donors (Lipinski definition) is 1. The number of fused-ring (bicyclic) bond motifs is 6. The molecule has 0 fully saturated rings. The van der Waals surface area contributed by atoms with Gasteiger partial charge in [0, 0.05) is 42.1 Å². The number of likely N-dealkylation sites (N-methyl/N-ethyl adjacent to an activating group) is 1. The molecule has 1 unspecified atom stereocenters. The van der Waals surface area contributed by atoms with Crippen molar-refractivity contribution in [1.82, 2.24) is 0 Å². The number of nitrogens with zero attached hydrogens (tertiary/aromatic N) is 1. The Balaban J connectivity index is 1.67. The molecule has 4 aromatic rings. The lowest BCUT2D eigenvalue weighted by Crippen LogP contribution is -2.34. The van der Waals surface area contributed by atoms with Crippen LogP contribution < -0.4 is 15.0 Å². The molecule has 40 heavy (non-hydrogen) atoms. The zero-order chi connectivity index (χ0) is 27.9. The Morgan fingerprint density at radius 3 is 2.17 bits per heavy atom. The molecule has 204 valence electrons. The van der Waals surface area contributed by atoms with Gasteiger partial charge in [-0.05, 0) is 63.6 Å². The molecule has 2 aliphatic rings. The van der Waals surface area contributed by atoms with Gasteiger partial charge in [-0.25, -0.2) is 4.79 Å². The van der Waals surface area contributed by atoms with E-state index in [-0.39, 0.29) is 12.1 Å². The van der Waals surface area contributed by atoms with Crippen molar-refractivity contribution in [3.05, 3.63) is 113 Å². The maximum atomic E-state index is 14.2. The highest BCUT2D eigenvalue weighted by molar-refractivity contribution is 6.05. The van der Waals surface area contributed by atoms with Crippen LogP contribution in [0.15, 0.2) is 84.9 Å². The van der Waals surface area contributed by atoms with Gasteiger partial charge in [0.2, 0.25) is 0 Å². The van der Waals surface area contributed by atoms with Gasteiger partial charge in [-0.1, -0.05) is 54.6 Å². The molecule has 0 amide bonds. The van der Waals surface area contributed by atoms with Gasteiger partial charge >= 0.3 is 5.97 Å². The first-order valence-electron chi connectivity index (χ1n) is 13.9. The summed E-state index contributed by atoms with van der Waals surface area (Å²) in [5.41, 5.74) is 5.46. The van der Waals surface area contributed by atoms with Crippen LogP contribution in [0.5, 0.6) is 11.5 Å². The van der Waals surface area contributed by atoms with E-state index in [1.165, 1.54) is 0 Å². The normalized spacial score (nSPS) is 14.9. The van der Waals surface area contributed by atoms with Crippen LogP contribution in [-0.4, -0.2) is 31.8 Å². The summed E-state index contributed by atoms with van der Waals surface area (Å²) < 4.78 is 18.9. The lowest BCUT2D eigenvalue weighted by molar-refractivity contribution is 0.0226. The zero-order valence-electron chi connectivity index (χ0n) is 23.4. The first kappa shape index (κ1) is 26.0. The van der Waals surface area contributed by atoms with Gasteiger partial charge in [0.1, 0.15) is 11.5 Å². The van der Waals surface area contributed by atoms with E-state index < -0.39 is 5.60 Å². The fourth-order valence-electron chi connectivity index (χ4n) is 6.06. The largest absolute Gasteiger partial charge is 0.456 e. The van der Waals surface area contributed by atoms with Crippen molar-refractivity contribution in [3.8, 4) is 11.5 Å². The van der Waals surface area contributed by atoms with Crippen molar-refractivity contribution >= 4 is 23.0 Å². The summed E-state index contributed by atoms with van der Waals surface area (Å²) in [5, 5.41) is 3.66. The van der Waals surface area contributed by atoms with Crippen molar-refractivity contribution in [2.75, 3.05) is 29.9 Å². The third-order valence-corrected chi connectivity index (χ3v) is 7.75. The number of ether oxygens (including phenoxy) is 3. The van der Waals surface area contributed by atoms with E-state index >= 15 is 0 Å². The molecule has 1 spiro atoms. The summed E-state index contributed by atoms with van der Waals surface area (Å²) in [6.45, 7) is 10.3. The van der Waals surface area contributed by atoms with Gasteiger partial charge in [-0.3, -0.25) is 0 Å². The summed E-state index contributed by atoms with van der Waals surface area (Å²) in [4.78, 5) is 16.4. The Bertz CT molecular complexity index is 1520. The average Bonchev–Trinajstić information content (AvgIpc) is 3.27. The van der Waals surface area contributed by atoms with Gasteiger partial charge in [-0.15, -0.1) is 0 Å². The maximum Gasteiger partial charge on any atom is 0.342 e. The Labute approximate surface area is 235 Å². The van der Waals surface area contributed by atoms with E-state index in [9.17, 15) is 4.79 Å². The number of esters is 1. The summed E-state index contributed by atoms with van der Waals surface area (Å²) >= 11 is 0. The highest BCUT2D eigenvalue weighted by atomic mass is 16.6. The molecule has 0 aliphatic carbocycles. The van der Waals surface area contributed by atoms with Crippen molar-refractivity contribution in [1.29, 1.82) is 0 Å².